The van der Waals surface area contributed by atoms with Gasteiger partial charge in [-0.15, -0.1) is 0 Å². The second-order valence-electron chi connectivity index (χ2n) is 8.32. The van der Waals surface area contributed by atoms with Crippen molar-refractivity contribution in [2.24, 2.45) is 0 Å². The van der Waals surface area contributed by atoms with Crippen LogP contribution in [0.5, 0.6) is 0 Å². The third-order valence-corrected chi connectivity index (χ3v) is 6.74. The van der Waals surface area contributed by atoms with Gasteiger partial charge in [-0.05, 0) is 74.6 Å². The molecule has 1 amide bonds. The highest BCUT2D eigenvalue weighted by atomic mass is 16.2. The Morgan fingerprint density at radius 1 is 0.933 bits per heavy atom. The molecule has 0 spiro atoms. The van der Waals surface area contributed by atoms with Crippen LogP contribution in [-0.4, -0.2) is 40.9 Å². The molecule has 156 valence electrons. The van der Waals surface area contributed by atoms with Crippen molar-refractivity contribution in [1.29, 1.82) is 0 Å². The first-order valence-electron chi connectivity index (χ1n) is 11.2. The third-order valence-electron chi connectivity index (χ3n) is 6.74. The molecule has 2 aromatic carbocycles. The number of nitrogens with zero attached hydrogens (tertiary/aromatic N) is 2. The quantitative estimate of drug-likeness (QED) is 0.617. The molecule has 2 unspecified atom stereocenters. The van der Waals surface area contributed by atoms with Gasteiger partial charge in [0, 0.05) is 30.7 Å². The zero-order chi connectivity index (χ0) is 21.1. The maximum atomic E-state index is 12.7. The molecule has 2 bridgehead atoms. The fraction of sp³-hybridized carbons (Fsp3) is 0.370. The second kappa shape index (κ2) is 8.91. The van der Waals surface area contributed by atoms with Gasteiger partial charge in [0.1, 0.15) is 0 Å². The van der Waals surface area contributed by atoms with E-state index in [1.54, 1.807) is 0 Å². The molecule has 0 radical (unpaired) electrons. The Bertz CT molecular complexity index is 909. The van der Waals surface area contributed by atoms with Gasteiger partial charge in [-0.25, -0.2) is 0 Å². The molecule has 4 rings (SSSR count). The van der Waals surface area contributed by atoms with Crippen molar-refractivity contribution >= 4 is 11.5 Å². The number of benzene rings is 2. The van der Waals surface area contributed by atoms with Crippen molar-refractivity contribution in [3.63, 3.8) is 0 Å². The van der Waals surface area contributed by atoms with Crippen LogP contribution >= 0.6 is 0 Å². The van der Waals surface area contributed by atoms with E-state index >= 15 is 0 Å². The van der Waals surface area contributed by atoms with Crippen LogP contribution in [0.1, 0.15) is 61.0 Å². The Morgan fingerprint density at radius 2 is 1.47 bits per heavy atom. The van der Waals surface area contributed by atoms with Crippen LogP contribution in [0.2, 0.25) is 0 Å². The standard InChI is InChI=1S/C27H32N2O/c1-4-28(5-2)27(30)22-14-12-21(13-15-22)26(20-10-8-7-9-11-20)23-18-24-16-17-25(19-23)29(24)6-3/h6-15,24-25H,3-5,16-19H2,1-2H3. The van der Waals surface area contributed by atoms with Gasteiger partial charge < -0.3 is 9.80 Å². The number of carbonyl (C=O) groups is 1. The lowest BCUT2D eigenvalue weighted by Gasteiger charge is -2.36. The van der Waals surface area contributed by atoms with Gasteiger partial charge in [-0.3, -0.25) is 4.79 Å². The first-order chi connectivity index (χ1) is 14.7. The Labute approximate surface area is 180 Å². The van der Waals surface area contributed by atoms with Crippen molar-refractivity contribution < 1.29 is 4.79 Å². The third kappa shape index (κ3) is 3.81. The molecular formula is C27H32N2O. The summed E-state index contributed by atoms with van der Waals surface area (Å²) in [4.78, 5) is 17.1. The number of carbonyl (C=O) groups excluding carboxylic acids is 1. The minimum Gasteiger partial charge on any atom is -0.371 e. The van der Waals surface area contributed by atoms with Crippen molar-refractivity contribution in [2.75, 3.05) is 13.1 Å². The summed E-state index contributed by atoms with van der Waals surface area (Å²) in [6, 6.07) is 20.1. The molecule has 0 aromatic heterocycles. The molecule has 3 heteroatoms. The summed E-state index contributed by atoms with van der Waals surface area (Å²) in [6.45, 7) is 9.56. The van der Waals surface area contributed by atoms with E-state index in [9.17, 15) is 4.79 Å². The van der Waals surface area contributed by atoms with Crippen LogP contribution in [0, 0.1) is 0 Å². The summed E-state index contributed by atoms with van der Waals surface area (Å²) in [5, 5.41) is 0. The van der Waals surface area contributed by atoms with Crippen LogP contribution in [-0.2, 0) is 0 Å². The summed E-state index contributed by atoms with van der Waals surface area (Å²) in [5.74, 6) is 0.109. The van der Waals surface area contributed by atoms with E-state index in [0.29, 0.717) is 12.1 Å². The molecule has 0 N–H and O–H groups in total. The molecule has 2 atom stereocenters. The Balaban J connectivity index is 1.72. The average molecular weight is 401 g/mol. The van der Waals surface area contributed by atoms with Gasteiger partial charge in [0.25, 0.3) is 5.91 Å². The molecular weight excluding hydrogens is 368 g/mol. The van der Waals surface area contributed by atoms with E-state index in [4.69, 9.17) is 0 Å². The minimum absolute atomic E-state index is 0.109. The van der Waals surface area contributed by atoms with Crippen LogP contribution in [0.25, 0.3) is 5.57 Å². The van der Waals surface area contributed by atoms with Crippen LogP contribution in [0.15, 0.2) is 72.9 Å². The first kappa shape index (κ1) is 20.5. The smallest absolute Gasteiger partial charge is 0.253 e. The molecule has 2 fully saturated rings. The van der Waals surface area contributed by atoms with E-state index in [-0.39, 0.29) is 5.91 Å². The minimum atomic E-state index is 0.109. The second-order valence-corrected chi connectivity index (χ2v) is 8.32. The van der Waals surface area contributed by atoms with Crippen molar-refractivity contribution in [3.8, 4) is 0 Å². The number of hydrogen-bond donors (Lipinski definition) is 0. The zero-order valence-electron chi connectivity index (χ0n) is 18.2. The highest BCUT2D eigenvalue weighted by Gasteiger charge is 2.37. The Hall–Kier alpha value is -2.81. The highest BCUT2D eigenvalue weighted by Crippen LogP contribution is 2.42. The summed E-state index contributed by atoms with van der Waals surface area (Å²) in [6.07, 6.45) is 6.72. The summed E-state index contributed by atoms with van der Waals surface area (Å²) < 4.78 is 0. The average Bonchev–Trinajstić information content (AvgIpc) is 3.04. The summed E-state index contributed by atoms with van der Waals surface area (Å²) in [7, 11) is 0. The monoisotopic (exact) mass is 400 g/mol. The van der Waals surface area contributed by atoms with E-state index in [2.05, 4.69) is 53.9 Å². The molecule has 0 saturated carbocycles. The van der Waals surface area contributed by atoms with Crippen LogP contribution in [0.3, 0.4) is 0 Å². The Kier molecular flexibility index (Phi) is 6.08. The number of amides is 1. The van der Waals surface area contributed by atoms with E-state index in [1.165, 1.54) is 35.1 Å². The predicted molar refractivity (Wildman–Crippen MR) is 124 cm³/mol. The highest BCUT2D eigenvalue weighted by molar-refractivity contribution is 5.95. The molecule has 30 heavy (non-hydrogen) atoms. The predicted octanol–water partition coefficient (Wildman–Crippen LogP) is 5.74. The molecule has 2 heterocycles. The molecule has 2 aliphatic heterocycles. The van der Waals surface area contributed by atoms with Gasteiger partial charge >= 0.3 is 0 Å². The normalized spacial score (nSPS) is 20.2. The van der Waals surface area contributed by atoms with Crippen LogP contribution < -0.4 is 0 Å². The van der Waals surface area contributed by atoms with Gasteiger partial charge in [-0.2, -0.15) is 0 Å². The number of rotatable bonds is 6. The lowest BCUT2D eigenvalue weighted by Crippen LogP contribution is -2.36. The SMILES string of the molecule is C=CN1C2CCC1CC(=C(c1ccccc1)c1ccc(C(=O)N(CC)CC)cc1)C2. The number of hydrogen-bond acceptors (Lipinski definition) is 2. The molecule has 0 aliphatic carbocycles. The lowest BCUT2D eigenvalue weighted by molar-refractivity contribution is 0.0773. The molecule has 2 saturated heterocycles. The maximum absolute atomic E-state index is 12.7. The molecule has 3 nitrogen and oxygen atoms in total. The Morgan fingerprint density at radius 3 is 2.00 bits per heavy atom. The molecule has 2 aliphatic rings. The fourth-order valence-electron chi connectivity index (χ4n) is 5.20. The van der Waals surface area contributed by atoms with Gasteiger partial charge in [0.2, 0.25) is 0 Å². The fourth-order valence-corrected chi connectivity index (χ4v) is 5.20. The lowest BCUT2D eigenvalue weighted by atomic mass is 9.85. The van der Waals surface area contributed by atoms with Crippen molar-refractivity contribution in [1.82, 2.24) is 9.80 Å². The molecule has 2 aromatic rings. The summed E-state index contributed by atoms with van der Waals surface area (Å²) >= 11 is 0. The van der Waals surface area contributed by atoms with E-state index in [0.717, 1.165) is 31.5 Å². The largest absolute Gasteiger partial charge is 0.371 e. The van der Waals surface area contributed by atoms with Crippen molar-refractivity contribution in [2.45, 2.75) is 51.6 Å². The van der Waals surface area contributed by atoms with Gasteiger partial charge in [-0.1, -0.05) is 54.6 Å². The van der Waals surface area contributed by atoms with E-state index in [1.807, 2.05) is 37.1 Å². The number of fused-ring (bicyclic) bond motifs is 2. The van der Waals surface area contributed by atoms with Gasteiger partial charge in [0.05, 0.1) is 0 Å². The topological polar surface area (TPSA) is 23.6 Å². The first-order valence-corrected chi connectivity index (χ1v) is 11.2. The van der Waals surface area contributed by atoms with Gasteiger partial charge in [0.15, 0.2) is 0 Å². The summed E-state index contributed by atoms with van der Waals surface area (Å²) in [5.41, 5.74) is 6.12. The maximum Gasteiger partial charge on any atom is 0.253 e. The van der Waals surface area contributed by atoms with E-state index < -0.39 is 0 Å². The van der Waals surface area contributed by atoms with Crippen molar-refractivity contribution in [3.05, 3.63) is 89.6 Å². The zero-order valence-corrected chi connectivity index (χ0v) is 18.2. The van der Waals surface area contributed by atoms with Crippen LogP contribution in [0.4, 0.5) is 0 Å². The number of piperidine rings is 1.